The molecule has 0 atom stereocenters. The summed E-state index contributed by atoms with van der Waals surface area (Å²) >= 11 is 5.80. The van der Waals surface area contributed by atoms with E-state index in [1.807, 2.05) is 19.9 Å². The van der Waals surface area contributed by atoms with Crippen molar-refractivity contribution in [2.45, 2.75) is 31.8 Å². The zero-order valence-corrected chi connectivity index (χ0v) is 11.7. The summed E-state index contributed by atoms with van der Waals surface area (Å²) < 4.78 is 38.8. The molecule has 0 fully saturated rings. The van der Waals surface area contributed by atoms with Gasteiger partial charge in [0.2, 0.25) is 0 Å². The Morgan fingerprint density at radius 2 is 2.00 bits per heavy atom. The van der Waals surface area contributed by atoms with Gasteiger partial charge in [0, 0.05) is 17.8 Å². The Kier molecular flexibility index (Phi) is 4.04. The van der Waals surface area contributed by atoms with Crippen LogP contribution in [0.2, 0.25) is 0 Å². The van der Waals surface area contributed by atoms with Gasteiger partial charge in [-0.15, -0.1) is 11.6 Å². The van der Waals surface area contributed by atoms with Crippen LogP contribution in [0.5, 0.6) is 0 Å². The molecule has 108 valence electrons. The zero-order chi connectivity index (χ0) is 14.9. The third-order valence-corrected chi connectivity index (χ3v) is 3.09. The second-order valence-corrected chi connectivity index (χ2v) is 4.99. The molecular weight excluding hydrogens is 291 g/mol. The molecule has 0 aliphatic rings. The topological polar surface area (TPSA) is 30.7 Å². The van der Waals surface area contributed by atoms with Crippen molar-refractivity contribution < 1.29 is 13.2 Å². The van der Waals surface area contributed by atoms with Gasteiger partial charge in [-0.05, 0) is 23.6 Å². The van der Waals surface area contributed by atoms with Crippen LogP contribution in [0.25, 0.3) is 5.82 Å². The quantitative estimate of drug-likeness (QED) is 0.798. The first-order valence-corrected chi connectivity index (χ1v) is 6.53. The van der Waals surface area contributed by atoms with E-state index in [0.717, 1.165) is 28.3 Å². The molecule has 2 aromatic heterocycles. The lowest BCUT2D eigenvalue weighted by Crippen LogP contribution is -2.05. The molecule has 0 saturated carbocycles. The van der Waals surface area contributed by atoms with Crippen LogP contribution in [0.3, 0.4) is 0 Å². The number of halogens is 4. The normalized spacial score (nSPS) is 12.2. The fourth-order valence-corrected chi connectivity index (χ4v) is 1.83. The van der Waals surface area contributed by atoms with Crippen molar-refractivity contribution in [1.82, 2.24) is 14.8 Å². The third kappa shape index (κ3) is 3.12. The molecule has 3 nitrogen and oxygen atoms in total. The van der Waals surface area contributed by atoms with Gasteiger partial charge in [0.25, 0.3) is 0 Å². The molecule has 0 unspecified atom stereocenters. The Bertz CT molecular complexity index is 605. The second-order valence-electron chi connectivity index (χ2n) is 4.72. The minimum absolute atomic E-state index is 0.148. The van der Waals surface area contributed by atoms with Gasteiger partial charge in [-0.25, -0.2) is 9.67 Å². The number of hydrogen-bond donors (Lipinski definition) is 0. The van der Waals surface area contributed by atoms with E-state index in [-0.39, 0.29) is 11.8 Å². The number of aromatic nitrogens is 3. The highest BCUT2D eigenvalue weighted by atomic mass is 35.5. The minimum Gasteiger partial charge on any atom is -0.233 e. The van der Waals surface area contributed by atoms with Crippen LogP contribution in [0.1, 0.15) is 36.6 Å². The summed E-state index contributed by atoms with van der Waals surface area (Å²) in [5.74, 6) is 0.750. The van der Waals surface area contributed by atoms with Gasteiger partial charge in [-0.3, -0.25) is 0 Å². The Labute approximate surface area is 119 Å². The number of nitrogens with zero attached hydrogens (tertiary/aromatic N) is 3. The van der Waals surface area contributed by atoms with E-state index in [4.69, 9.17) is 11.6 Å². The lowest BCUT2D eigenvalue weighted by molar-refractivity contribution is -0.137. The van der Waals surface area contributed by atoms with Gasteiger partial charge >= 0.3 is 6.18 Å². The first kappa shape index (κ1) is 14.8. The summed E-state index contributed by atoms with van der Waals surface area (Å²) in [7, 11) is 0. The Morgan fingerprint density at radius 1 is 1.30 bits per heavy atom. The zero-order valence-electron chi connectivity index (χ0n) is 10.9. The molecule has 20 heavy (non-hydrogen) atoms. The molecule has 0 N–H and O–H groups in total. The maximum absolute atomic E-state index is 12.6. The first-order chi connectivity index (χ1) is 9.31. The molecule has 2 heterocycles. The van der Waals surface area contributed by atoms with E-state index in [2.05, 4.69) is 10.1 Å². The molecule has 0 aliphatic carbocycles. The van der Waals surface area contributed by atoms with E-state index < -0.39 is 11.7 Å². The Balaban J connectivity index is 2.46. The van der Waals surface area contributed by atoms with Crippen LogP contribution >= 0.6 is 11.6 Å². The van der Waals surface area contributed by atoms with Crippen molar-refractivity contribution in [3.8, 4) is 5.82 Å². The fraction of sp³-hybridized carbons (Fsp3) is 0.385. The molecule has 0 bridgehead atoms. The van der Waals surface area contributed by atoms with Gasteiger partial charge < -0.3 is 0 Å². The van der Waals surface area contributed by atoms with Crippen molar-refractivity contribution in [2.24, 2.45) is 0 Å². The largest absolute Gasteiger partial charge is 0.419 e. The maximum atomic E-state index is 12.6. The highest BCUT2D eigenvalue weighted by molar-refractivity contribution is 6.17. The SMILES string of the molecule is CC(C)c1cc(CCl)cc(-n2cc(C(F)(F)F)cn2)n1. The molecule has 0 aliphatic heterocycles. The number of pyridine rings is 1. The van der Waals surface area contributed by atoms with Gasteiger partial charge in [0.1, 0.15) is 0 Å². The molecule has 0 aromatic carbocycles. The van der Waals surface area contributed by atoms with E-state index in [1.165, 1.54) is 0 Å². The summed E-state index contributed by atoms with van der Waals surface area (Å²) in [5.41, 5.74) is 0.758. The monoisotopic (exact) mass is 303 g/mol. The van der Waals surface area contributed by atoms with Crippen LogP contribution in [0.15, 0.2) is 24.5 Å². The summed E-state index contributed by atoms with van der Waals surface area (Å²) in [6.45, 7) is 3.91. The Hall–Kier alpha value is -1.56. The van der Waals surface area contributed by atoms with Gasteiger partial charge in [0.05, 0.1) is 11.8 Å². The lowest BCUT2D eigenvalue weighted by atomic mass is 10.1. The number of rotatable bonds is 3. The van der Waals surface area contributed by atoms with Crippen molar-refractivity contribution in [3.63, 3.8) is 0 Å². The predicted molar refractivity (Wildman–Crippen MR) is 70.0 cm³/mol. The third-order valence-electron chi connectivity index (χ3n) is 2.78. The Morgan fingerprint density at radius 3 is 2.50 bits per heavy atom. The average molecular weight is 304 g/mol. The molecule has 0 spiro atoms. The van der Waals surface area contributed by atoms with Crippen molar-refractivity contribution in [2.75, 3.05) is 0 Å². The van der Waals surface area contributed by atoms with Crippen LogP contribution in [-0.2, 0) is 12.1 Å². The van der Waals surface area contributed by atoms with Crippen molar-refractivity contribution in [1.29, 1.82) is 0 Å². The molecule has 0 radical (unpaired) electrons. The van der Waals surface area contributed by atoms with Crippen molar-refractivity contribution >= 4 is 11.6 Å². The van der Waals surface area contributed by atoms with Crippen LogP contribution < -0.4 is 0 Å². The van der Waals surface area contributed by atoms with E-state index in [0.29, 0.717) is 5.82 Å². The summed E-state index contributed by atoms with van der Waals surface area (Å²) in [6, 6.07) is 3.47. The summed E-state index contributed by atoms with van der Waals surface area (Å²) in [4.78, 5) is 4.32. The van der Waals surface area contributed by atoms with E-state index >= 15 is 0 Å². The van der Waals surface area contributed by atoms with Gasteiger partial charge in [0.15, 0.2) is 5.82 Å². The molecule has 7 heteroatoms. The van der Waals surface area contributed by atoms with Crippen LogP contribution in [-0.4, -0.2) is 14.8 Å². The fourth-order valence-electron chi connectivity index (χ4n) is 1.68. The maximum Gasteiger partial charge on any atom is 0.419 e. The lowest BCUT2D eigenvalue weighted by Gasteiger charge is -2.10. The first-order valence-electron chi connectivity index (χ1n) is 6.00. The molecular formula is C13H13ClF3N3. The van der Waals surface area contributed by atoms with E-state index in [1.54, 1.807) is 6.07 Å². The highest BCUT2D eigenvalue weighted by Crippen LogP contribution is 2.29. The summed E-state index contributed by atoms with van der Waals surface area (Å²) in [5, 5.41) is 3.72. The standard InChI is InChI=1S/C13H13ClF3N3/c1-8(2)11-3-9(5-14)4-12(19-11)20-7-10(6-18-20)13(15,16)17/h3-4,6-8H,5H2,1-2H3. The predicted octanol–water partition coefficient (Wildman–Crippen LogP) is 4.15. The second kappa shape index (κ2) is 5.44. The van der Waals surface area contributed by atoms with E-state index in [9.17, 15) is 13.2 Å². The van der Waals surface area contributed by atoms with Crippen molar-refractivity contribution in [3.05, 3.63) is 41.3 Å². The summed E-state index contributed by atoms with van der Waals surface area (Å²) in [6.07, 6.45) is -2.71. The van der Waals surface area contributed by atoms with Crippen LogP contribution in [0.4, 0.5) is 13.2 Å². The number of hydrogen-bond acceptors (Lipinski definition) is 2. The minimum atomic E-state index is -4.41. The molecule has 2 rings (SSSR count). The molecule has 0 amide bonds. The number of alkyl halides is 4. The molecule has 0 saturated heterocycles. The average Bonchev–Trinajstić information content (AvgIpc) is 2.87. The molecule has 2 aromatic rings. The van der Waals surface area contributed by atoms with Gasteiger partial charge in [-0.2, -0.15) is 18.3 Å². The van der Waals surface area contributed by atoms with Crippen LogP contribution in [0, 0.1) is 0 Å². The smallest absolute Gasteiger partial charge is 0.233 e. The van der Waals surface area contributed by atoms with Gasteiger partial charge in [-0.1, -0.05) is 13.8 Å². The highest BCUT2D eigenvalue weighted by Gasteiger charge is 2.32.